The molecule has 2 aromatic rings. The Morgan fingerprint density at radius 3 is 2.60 bits per heavy atom. The normalized spacial score (nSPS) is 17.5. The lowest BCUT2D eigenvalue weighted by Gasteiger charge is -2.41. The fourth-order valence-electron chi connectivity index (χ4n) is 3.01. The highest BCUT2D eigenvalue weighted by atomic mass is 35.5. The fourth-order valence-corrected chi connectivity index (χ4v) is 3.47. The topological polar surface area (TPSA) is 32.8 Å². The number of amides is 1. The Hall–Kier alpha value is -1.91. The van der Waals surface area contributed by atoms with E-state index in [0.717, 1.165) is 6.54 Å². The lowest BCUT2D eigenvalue weighted by Crippen LogP contribution is -2.54. The van der Waals surface area contributed by atoms with Crippen LogP contribution in [0.1, 0.15) is 6.92 Å². The van der Waals surface area contributed by atoms with Crippen LogP contribution in [-0.2, 0) is 4.79 Å². The first-order valence-electron chi connectivity index (χ1n) is 8.22. The van der Waals surface area contributed by atoms with Gasteiger partial charge in [0.2, 0.25) is 0 Å². The van der Waals surface area contributed by atoms with E-state index in [1.54, 1.807) is 18.2 Å². The summed E-state index contributed by atoms with van der Waals surface area (Å²) in [5.74, 6) is 0.431. The van der Waals surface area contributed by atoms with Gasteiger partial charge < -0.3 is 14.5 Å². The first-order chi connectivity index (χ1) is 12.0. The van der Waals surface area contributed by atoms with E-state index in [4.69, 9.17) is 27.9 Å². The van der Waals surface area contributed by atoms with Crippen LogP contribution in [0.5, 0.6) is 5.75 Å². The quantitative estimate of drug-likeness (QED) is 0.802. The van der Waals surface area contributed by atoms with Gasteiger partial charge >= 0.3 is 0 Å². The summed E-state index contributed by atoms with van der Waals surface area (Å²) in [4.78, 5) is 16.6. The number of rotatable bonds is 4. The number of ether oxygens (including phenoxy) is 1. The number of nitrogens with zero attached hydrogens (tertiary/aromatic N) is 2. The second kappa shape index (κ2) is 7.98. The highest BCUT2D eigenvalue weighted by Gasteiger charge is 2.27. The molecule has 1 saturated heterocycles. The van der Waals surface area contributed by atoms with Crippen molar-refractivity contribution in [1.29, 1.82) is 0 Å². The second-order valence-electron chi connectivity index (χ2n) is 6.08. The Kier molecular flexibility index (Phi) is 5.71. The van der Waals surface area contributed by atoms with Crippen LogP contribution in [0.4, 0.5) is 5.69 Å². The number of carbonyl (C=O) groups excluding carboxylic acids is 1. The van der Waals surface area contributed by atoms with Crippen LogP contribution in [0.15, 0.2) is 48.5 Å². The number of piperazine rings is 1. The van der Waals surface area contributed by atoms with Crippen molar-refractivity contribution in [1.82, 2.24) is 4.90 Å². The lowest BCUT2D eigenvalue weighted by atomic mass is 10.1. The minimum atomic E-state index is -0.0365. The molecule has 1 fully saturated rings. The molecule has 4 nitrogen and oxygen atoms in total. The van der Waals surface area contributed by atoms with Crippen LogP contribution in [0.3, 0.4) is 0 Å². The van der Waals surface area contributed by atoms with Crippen LogP contribution >= 0.6 is 23.2 Å². The summed E-state index contributed by atoms with van der Waals surface area (Å²) < 4.78 is 5.56. The molecule has 2 aromatic carbocycles. The average molecular weight is 379 g/mol. The SMILES string of the molecule is CC1CN(C(=O)COc2ccc(Cl)cc2Cl)CCN1c1ccccc1. The van der Waals surface area contributed by atoms with Crippen LogP contribution in [0.25, 0.3) is 0 Å². The Labute approximate surface area is 157 Å². The number of halogens is 2. The zero-order chi connectivity index (χ0) is 17.8. The van der Waals surface area contributed by atoms with E-state index in [2.05, 4.69) is 24.0 Å². The number of para-hydroxylation sites is 1. The molecule has 1 amide bonds. The van der Waals surface area contributed by atoms with Crippen molar-refractivity contribution >= 4 is 34.8 Å². The van der Waals surface area contributed by atoms with Crippen LogP contribution in [-0.4, -0.2) is 43.1 Å². The molecule has 0 aliphatic carbocycles. The average Bonchev–Trinajstić information content (AvgIpc) is 2.61. The van der Waals surface area contributed by atoms with E-state index in [-0.39, 0.29) is 18.6 Å². The first-order valence-corrected chi connectivity index (χ1v) is 8.97. The third kappa shape index (κ3) is 4.39. The largest absolute Gasteiger partial charge is 0.482 e. The molecule has 1 heterocycles. The molecule has 0 spiro atoms. The molecule has 1 unspecified atom stereocenters. The van der Waals surface area contributed by atoms with E-state index in [9.17, 15) is 4.79 Å². The summed E-state index contributed by atoms with van der Waals surface area (Å²) in [6, 6.07) is 15.5. The summed E-state index contributed by atoms with van der Waals surface area (Å²) >= 11 is 11.9. The summed E-state index contributed by atoms with van der Waals surface area (Å²) in [6.45, 7) is 4.25. The fraction of sp³-hybridized carbons (Fsp3) is 0.316. The molecule has 25 heavy (non-hydrogen) atoms. The van der Waals surface area contributed by atoms with Crippen LogP contribution in [0.2, 0.25) is 10.0 Å². The highest BCUT2D eigenvalue weighted by Crippen LogP contribution is 2.27. The molecule has 0 radical (unpaired) electrons. The Morgan fingerprint density at radius 2 is 1.92 bits per heavy atom. The van der Waals surface area contributed by atoms with E-state index in [0.29, 0.717) is 28.9 Å². The van der Waals surface area contributed by atoms with Gasteiger partial charge in [-0.2, -0.15) is 0 Å². The molecular weight excluding hydrogens is 359 g/mol. The Bertz CT molecular complexity index is 739. The van der Waals surface area contributed by atoms with Gasteiger partial charge in [-0.15, -0.1) is 0 Å². The van der Waals surface area contributed by atoms with Crippen LogP contribution in [0, 0.1) is 0 Å². The Morgan fingerprint density at radius 1 is 1.16 bits per heavy atom. The number of carbonyl (C=O) groups is 1. The van der Waals surface area contributed by atoms with Crippen molar-refractivity contribution in [3.05, 3.63) is 58.6 Å². The van der Waals surface area contributed by atoms with E-state index in [1.807, 2.05) is 23.1 Å². The zero-order valence-electron chi connectivity index (χ0n) is 14.0. The maximum Gasteiger partial charge on any atom is 0.260 e. The standard InChI is InChI=1S/C19H20Cl2N2O2/c1-14-12-22(9-10-23(14)16-5-3-2-4-6-16)19(24)13-25-18-8-7-15(20)11-17(18)21/h2-8,11,14H,9-10,12-13H2,1H3. The van der Waals surface area contributed by atoms with Crippen molar-refractivity contribution in [2.24, 2.45) is 0 Å². The van der Waals surface area contributed by atoms with Crippen LogP contribution < -0.4 is 9.64 Å². The van der Waals surface area contributed by atoms with Gasteiger partial charge in [0.15, 0.2) is 6.61 Å². The summed E-state index contributed by atoms with van der Waals surface area (Å²) in [7, 11) is 0. The third-order valence-electron chi connectivity index (χ3n) is 4.31. The predicted molar refractivity (Wildman–Crippen MR) is 102 cm³/mol. The third-order valence-corrected chi connectivity index (χ3v) is 4.84. The van der Waals surface area contributed by atoms with Gasteiger partial charge in [-0.3, -0.25) is 4.79 Å². The van der Waals surface area contributed by atoms with Gasteiger partial charge in [0.25, 0.3) is 5.91 Å². The maximum atomic E-state index is 12.5. The molecule has 3 rings (SSSR count). The molecule has 132 valence electrons. The molecule has 6 heteroatoms. The van der Waals surface area contributed by atoms with Gasteiger partial charge in [-0.05, 0) is 37.3 Å². The molecule has 1 aliphatic rings. The lowest BCUT2D eigenvalue weighted by molar-refractivity contribution is -0.134. The molecule has 1 atom stereocenters. The van der Waals surface area contributed by atoms with E-state index >= 15 is 0 Å². The minimum Gasteiger partial charge on any atom is -0.482 e. The number of benzene rings is 2. The van der Waals surface area contributed by atoms with E-state index < -0.39 is 0 Å². The summed E-state index contributed by atoms with van der Waals surface area (Å²) in [5.41, 5.74) is 1.19. The van der Waals surface area contributed by atoms with Gasteiger partial charge in [-0.25, -0.2) is 0 Å². The zero-order valence-corrected chi connectivity index (χ0v) is 15.5. The number of hydrogen-bond acceptors (Lipinski definition) is 3. The van der Waals surface area contributed by atoms with Crippen molar-refractivity contribution in [2.75, 3.05) is 31.1 Å². The molecular formula is C19H20Cl2N2O2. The summed E-state index contributed by atoms with van der Waals surface area (Å²) in [5, 5.41) is 0.942. The predicted octanol–water partition coefficient (Wildman–Crippen LogP) is 4.11. The van der Waals surface area contributed by atoms with Gasteiger partial charge in [0, 0.05) is 36.4 Å². The van der Waals surface area contributed by atoms with Crippen molar-refractivity contribution in [3.63, 3.8) is 0 Å². The molecule has 0 bridgehead atoms. The van der Waals surface area contributed by atoms with Crippen molar-refractivity contribution in [2.45, 2.75) is 13.0 Å². The monoisotopic (exact) mass is 378 g/mol. The smallest absolute Gasteiger partial charge is 0.260 e. The first kappa shape index (κ1) is 17.9. The summed E-state index contributed by atoms with van der Waals surface area (Å²) in [6.07, 6.45) is 0. The van der Waals surface area contributed by atoms with Gasteiger partial charge in [0.1, 0.15) is 5.75 Å². The molecule has 0 saturated carbocycles. The van der Waals surface area contributed by atoms with Gasteiger partial charge in [-0.1, -0.05) is 41.4 Å². The Balaban J connectivity index is 1.55. The number of anilines is 1. The maximum absolute atomic E-state index is 12.5. The van der Waals surface area contributed by atoms with E-state index in [1.165, 1.54) is 5.69 Å². The molecule has 1 aliphatic heterocycles. The second-order valence-corrected chi connectivity index (χ2v) is 6.92. The highest BCUT2D eigenvalue weighted by molar-refractivity contribution is 6.35. The van der Waals surface area contributed by atoms with Crippen molar-refractivity contribution < 1.29 is 9.53 Å². The van der Waals surface area contributed by atoms with Gasteiger partial charge in [0.05, 0.1) is 5.02 Å². The van der Waals surface area contributed by atoms with Crippen molar-refractivity contribution in [3.8, 4) is 5.75 Å². The molecule has 0 aromatic heterocycles. The number of hydrogen-bond donors (Lipinski definition) is 0. The molecule has 0 N–H and O–H groups in total. The minimum absolute atomic E-state index is 0.0284.